The van der Waals surface area contributed by atoms with Crippen molar-refractivity contribution in [1.29, 1.82) is 10.5 Å². The van der Waals surface area contributed by atoms with E-state index in [4.69, 9.17) is 10.5 Å². The van der Waals surface area contributed by atoms with Crippen molar-refractivity contribution in [1.82, 2.24) is 0 Å². The molecule has 0 amide bonds. The molecule has 0 bridgehead atoms. The number of nitriles is 2. The van der Waals surface area contributed by atoms with E-state index < -0.39 is 0 Å². The Morgan fingerprint density at radius 3 is 1.70 bits per heavy atom. The van der Waals surface area contributed by atoms with Crippen LogP contribution in [0.5, 0.6) is 0 Å². The van der Waals surface area contributed by atoms with E-state index in [1.54, 1.807) is 0 Å². The highest BCUT2D eigenvalue weighted by atomic mass is 35.5. The van der Waals surface area contributed by atoms with Gasteiger partial charge in [0, 0.05) is 12.8 Å². The molecule has 0 radical (unpaired) electrons. The van der Waals surface area contributed by atoms with Gasteiger partial charge in [-0.1, -0.05) is 0 Å². The zero-order valence-electron chi connectivity index (χ0n) is 5.63. The third-order valence-electron chi connectivity index (χ3n) is 0.827. The van der Waals surface area contributed by atoms with Gasteiger partial charge in [-0.05, 0) is 12.3 Å². The molecule has 56 valence electrons. The molecular formula is C6H10ClN2P. The zero-order valence-corrected chi connectivity index (χ0v) is 7.45. The Kier molecular flexibility index (Phi) is 14.2. The number of rotatable bonds is 4. The fourth-order valence-electron chi connectivity index (χ4n) is 0.414. The summed E-state index contributed by atoms with van der Waals surface area (Å²) in [6.45, 7) is 0. The van der Waals surface area contributed by atoms with E-state index in [2.05, 4.69) is 12.1 Å². The number of halogens is 1. The van der Waals surface area contributed by atoms with Gasteiger partial charge in [-0.3, -0.25) is 0 Å². The molecule has 0 spiro atoms. The molecule has 2 nitrogen and oxygen atoms in total. The van der Waals surface area contributed by atoms with Gasteiger partial charge in [0.25, 0.3) is 0 Å². The highest BCUT2D eigenvalue weighted by Gasteiger charge is 1.85. The smallest absolute Gasteiger partial charge is 0.0625 e. The Hall–Kier alpha value is -0.300. The minimum atomic E-state index is 0. The molecule has 0 fully saturated rings. The number of hydrogen-bond donors (Lipinski definition) is 0. The molecule has 0 heterocycles. The van der Waals surface area contributed by atoms with Gasteiger partial charge in [-0.25, -0.2) is 0 Å². The Balaban J connectivity index is 0. The van der Waals surface area contributed by atoms with Crippen molar-refractivity contribution in [2.24, 2.45) is 0 Å². The lowest BCUT2D eigenvalue weighted by atomic mass is 10.5. The lowest BCUT2D eigenvalue weighted by molar-refractivity contribution is 1.19. The lowest BCUT2D eigenvalue weighted by Gasteiger charge is -1.89. The van der Waals surface area contributed by atoms with Crippen LogP contribution < -0.4 is 0 Å². The lowest BCUT2D eigenvalue weighted by Crippen LogP contribution is -1.76. The maximum absolute atomic E-state index is 8.11. The predicted octanol–water partition coefficient (Wildman–Crippen LogP) is 1.91. The van der Waals surface area contributed by atoms with E-state index in [1.165, 1.54) is 0 Å². The van der Waals surface area contributed by atoms with Crippen molar-refractivity contribution in [3.05, 3.63) is 0 Å². The molecule has 0 aromatic rings. The van der Waals surface area contributed by atoms with Crippen LogP contribution in [0.4, 0.5) is 0 Å². The van der Waals surface area contributed by atoms with Gasteiger partial charge < -0.3 is 0 Å². The van der Waals surface area contributed by atoms with Crippen LogP contribution in [0.1, 0.15) is 12.8 Å². The largest absolute Gasteiger partial charge is 0.198 e. The highest BCUT2D eigenvalue weighted by molar-refractivity contribution is 7.37. The highest BCUT2D eigenvalue weighted by Crippen LogP contribution is 2.11. The molecule has 0 aliphatic carbocycles. The third-order valence-corrected chi connectivity index (χ3v) is 2.03. The molecule has 0 rings (SSSR count). The van der Waals surface area contributed by atoms with E-state index in [9.17, 15) is 0 Å². The van der Waals surface area contributed by atoms with E-state index in [0.717, 1.165) is 20.9 Å². The summed E-state index contributed by atoms with van der Waals surface area (Å²) in [5, 5.41) is 16.2. The summed E-state index contributed by atoms with van der Waals surface area (Å²) < 4.78 is 0. The maximum atomic E-state index is 8.11. The van der Waals surface area contributed by atoms with Gasteiger partial charge in [0.2, 0.25) is 0 Å². The van der Waals surface area contributed by atoms with Crippen molar-refractivity contribution in [3.8, 4) is 12.1 Å². The van der Waals surface area contributed by atoms with Crippen LogP contribution in [0.15, 0.2) is 0 Å². The zero-order chi connectivity index (χ0) is 6.95. The van der Waals surface area contributed by atoms with Crippen molar-refractivity contribution in [2.45, 2.75) is 12.8 Å². The molecule has 0 saturated carbocycles. The SMILES string of the molecule is Cl.N#CCCPCCC#N. The summed E-state index contributed by atoms with van der Waals surface area (Å²) in [6.07, 6.45) is 3.23. The van der Waals surface area contributed by atoms with Crippen molar-refractivity contribution >= 4 is 21.0 Å². The fraction of sp³-hybridized carbons (Fsp3) is 0.667. The summed E-state index contributed by atoms with van der Waals surface area (Å²) in [6, 6.07) is 4.14. The molecule has 0 saturated heterocycles. The van der Waals surface area contributed by atoms with E-state index in [0.29, 0.717) is 12.8 Å². The topological polar surface area (TPSA) is 47.6 Å². The minimum absolute atomic E-state index is 0. The second-order valence-electron chi connectivity index (χ2n) is 1.57. The molecule has 0 aliphatic rings. The van der Waals surface area contributed by atoms with Gasteiger partial charge in [-0.2, -0.15) is 10.5 Å². The molecule has 4 heteroatoms. The summed E-state index contributed by atoms with van der Waals surface area (Å²) in [5.74, 6) is 0. The first-order chi connectivity index (χ1) is 4.41. The Morgan fingerprint density at radius 1 is 1.00 bits per heavy atom. The molecule has 0 unspecified atom stereocenters. The summed E-state index contributed by atoms with van der Waals surface area (Å²) in [4.78, 5) is 0. The van der Waals surface area contributed by atoms with Crippen LogP contribution >= 0.6 is 21.0 Å². The van der Waals surface area contributed by atoms with E-state index >= 15 is 0 Å². The quantitative estimate of drug-likeness (QED) is 0.485. The van der Waals surface area contributed by atoms with Crippen LogP contribution in [-0.2, 0) is 0 Å². The molecular weight excluding hydrogens is 167 g/mol. The average Bonchev–Trinajstić information content (AvgIpc) is 1.89. The van der Waals surface area contributed by atoms with E-state index in [1.807, 2.05) is 0 Å². The molecule has 0 atom stereocenters. The Labute approximate surface area is 69.4 Å². The Morgan fingerprint density at radius 2 is 1.40 bits per heavy atom. The van der Waals surface area contributed by atoms with Crippen LogP contribution in [-0.4, -0.2) is 12.3 Å². The van der Waals surface area contributed by atoms with Crippen LogP contribution in [0.25, 0.3) is 0 Å². The average molecular weight is 177 g/mol. The standard InChI is InChI=1S/C6H9N2P.ClH/c7-3-1-5-9-6-2-4-8;/h9H,1-2,5-6H2;1H. The molecule has 0 aromatic carbocycles. The van der Waals surface area contributed by atoms with Crippen molar-refractivity contribution in [3.63, 3.8) is 0 Å². The molecule has 0 N–H and O–H groups in total. The first kappa shape index (κ1) is 12.4. The van der Waals surface area contributed by atoms with Crippen molar-refractivity contribution in [2.75, 3.05) is 12.3 Å². The number of nitrogens with zero attached hydrogens (tertiary/aromatic N) is 2. The predicted molar refractivity (Wildman–Crippen MR) is 45.8 cm³/mol. The van der Waals surface area contributed by atoms with Crippen molar-refractivity contribution < 1.29 is 0 Å². The molecule has 0 aliphatic heterocycles. The fourth-order valence-corrected chi connectivity index (χ4v) is 1.24. The normalized spacial score (nSPS) is 7.00. The minimum Gasteiger partial charge on any atom is -0.198 e. The van der Waals surface area contributed by atoms with E-state index in [-0.39, 0.29) is 12.4 Å². The summed E-state index contributed by atoms with van der Waals surface area (Å²) in [7, 11) is 0.801. The third kappa shape index (κ3) is 10.6. The van der Waals surface area contributed by atoms with Crippen LogP contribution in [0.2, 0.25) is 0 Å². The maximum Gasteiger partial charge on any atom is 0.0625 e. The van der Waals surface area contributed by atoms with Crippen LogP contribution in [0, 0.1) is 22.7 Å². The second kappa shape index (κ2) is 11.5. The number of hydrogen-bond acceptors (Lipinski definition) is 2. The second-order valence-corrected chi connectivity index (χ2v) is 3.07. The van der Waals surface area contributed by atoms with Gasteiger partial charge in [0.1, 0.15) is 0 Å². The van der Waals surface area contributed by atoms with Crippen LogP contribution in [0.3, 0.4) is 0 Å². The van der Waals surface area contributed by atoms with Gasteiger partial charge in [0.15, 0.2) is 0 Å². The summed E-state index contributed by atoms with van der Waals surface area (Å²) in [5.41, 5.74) is 0. The first-order valence-electron chi connectivity index (χ1n) is 2.86. The molecule has 0 aromatic heterocycles. The first-order valence-corrected chi connectivity index (χ1v) is 4.28. The van der Waals surface area contributed by atoms with Gasteiger partial charge in [0.05, 0.1) is 12.1 Å². The van der Waals surface area contributed by atoms with Gasteiger partial charge in [-0.15, -0.1) is 21.0 Å². The summed E-state index contributed by atoms with van der Waals surface area (Å²) >= 11 is 0. The van der Waals surface area contributed by atoms with Gasteiger partial charge >= 0.3 is 0 Å². The monoisotopic (exact) mass is 176 g/mol. The Bertz CT molecular complexity index is 120. The molecule has 10 heavy (non-hydrogen) atoms.